The van der Waals surface area contributed by atoms with Crippen LogP contribution in [0.25, 0.3) is 0 Å². The van der Waals surface area contributed by atoms with Crippen molar-refractivity contribution in [3.8, 4) is 5.75 Å². The van der Waals surface area contributed by atoms with Gasteiger partial charge in [0.2, 0.25) is 10.0 Å². The van der Waals surface area contributed by atoms with Crippen LogP contribution in [0.1, 0.15) is 35.7 Å². The summed E-state index contributed by atoms with van der Waals surface area (Å²) in [5, 5.41) is 2.89. The second-order valence-corrected chi connectivity index (χ2v) is 9.09. The minimum atomic E-state index is -3.63. The number of hydrogen-bond donors (Lipinski definition) is 1. The molecule has 0 aromatic heterocycles. The lowest BCUT2D eigenvalue weighted by molar-refractivity contribution is 0.0857. The molecular weight excluding hydrogens is 404 g/mol. The molecule has 30 heavy (non-hydrogen) atoms. The Morgan fingerprint density at radius 2 is 1.87 bits per heavy atom. The molecule has 1 fully saturated rings. The first-order valence-electron chi connectivity index (χ1n) is 10.1. The molecule has 0 saturated carbocycles. The fraction of sp³-hybridized carbons (Fsp3) is 0.409. The summed E-state index contributed by atoms with van der Waals surface area (Å²) in [5.74, 6) is 0.445. The smallest absolute Gasteiger partial charge is 0.251 e. The van der Waals surface area contributed by atoms with E-state index in [1.807, 2.05) is 0 Å². The predicted molar refractivity (Wildman–Crippen MR) is 114 cm³/mol. The van der Waals surface area contributed by atoms with Gasteiger partial charge in [0.15, 0.2) is 0 Å². The number of ether oxygens (including phenoxy) is 2. The van der Waals surface area contributed by atoms with Gasteiger partial charge in [-0.2, -0.15) is 4.31 Å². The number of methoxy groups -OCH3 is 1. The van der Waals surface area contributed by atoms with Gasteiger partial charge in [0.25, 0.3) is 5.91 Å². The number of benzene rings is 2. The number of nitrogens with one attached hydrogen (secondary N) is 1. The number of rotatable bonds is 9. The average molecular weight is 433 g/mol. The molecule has 8 heteroatoms. The Hall–Kier alpha value is -2.42. The SMILES string of the molecule is CCN(Cc1ccc(C(=O)NC[C@H]2CCCO2)cc1)S(=O)(=O)c1ccc(OC)cc1. The molecule has 2 aromatic rings. The number of nitrogens with zero attached hydrogens (tertiary/aromatic N) is 1. The minimum absolute atomic E-state index is 0.0921. The van der Waals surface area contributed by atoms with Crippen molar-refractivity contribution in [3.05, 3.63) is 59.7 Å². The van der Waals surface area contributed by atoms with Crippen molar-refractivity contribution >= 4 is 15.9 Å². The normalized spacial score (nSPS) is 16.6. The van der Waals surface area contributed by atoms with Crippen LogP contribution in [0.5, 0.6) is 5.75 Å². The molecule has 3 rings (SSSR count). The van der Waals surface area contributed by atoms with Gasteiger partial charge in [0.05, 0.1) is 18.1 Å². The van der Waals surface area contributed by atoms with Crippen LogP contribution in [0.2, 0.25) is 0 Å². The van der Waals surface area contributed by atoms with Crippen LogP contribution >= 0.6 is 0 Å². The van der Waals surface area contributed by atoms with E-state index in [1.165, 1.54) is 11.4 Å². The molecule has 1 atom stereocenters. The highest BCUT2D eigenvalue weighted by Gasteiger charge is 2.23. The number of carbonyl (C=O) groups is 1. The van der Waals surface area contributed by atoms with E-state index in [1.54, 1.807) is 55.5 Å². The molecule has 1 N–H and O–H groups in total. The molecule has 0 unspecified atom stereocenters. The maximum absolute atomic E-state index is 13.0. The van der Waals surface area contributed by atoms with Gasteiger partial charge >= 0.3 is 0 Å². The molecule has 0 spiro atoms. The third-order valence-corrected chi connectivity index (χ3v) is 7.07. The summed E-state index contributed by atoms with van der Waals surface area (Å²) < 4.78 is 37.9. The Labute approximate surface area is 178 Å². The molecule has 2 aromatic carbocycles. The minimum Gasteiger partial charge on any atom is -0.497 e. The van der Waals surface area contributed by atoms with Crippen molar-refractivity contribution < 1.29 is 22.7 Å². The van der Waals surface area contributed by atoms with E-state index in [9.17, 15) is 13.2 Å². The van der Waals surface area contributed by atoms with E-state index in [4.69, 9.17) is 9.47 Å². The molecular formula is C22H28N2O5S. The Balaban J connectivity index is 1.64. The second kappa shape index (κ2) is 10.1. The van der Waals surface area contributed by atoms with Crippen LogP contribution in [0, 0.1) is 0 Å². The molecule has 1 aliphatic rings. The van der Waals surface area contributed by atoms with Crippen LogP contribution in [-0.2, 0) is 21.3 Å². The molecule has 0 aliphatic carbocycles. The summed E-state index contributed by atoms with van der Waals surface area (Å²) in [5.41, 5.74) is 1.35. The molecule has 1 aliphatic heterocycles. The molecule has 162 valence electrons. The van der Waals surface area contributed by atoms with E-state index in [0.29, 0.717) is 24.4 Å². The van der Waals surface area contributed by atoms with Gasteiger partial charge in [0.1, 0.15) is 5.75 Å². The Kier molecular flexibility index (Phi) is 7.47. The van der Waals surface area contributed by atoms with Crippen LogP contribution in [-0.4, -0.2) is 51.5 Å². The van der Waals surface area contributed by atoms with Gasteiger partial charge in [0, 0.05) is 31.8 Å². The van der Waals surface area contributed by atoms with E-state index in [0.717, 1.165) is 25.0 Å². The topological polar surface area (TPSA) is 84.9 Å². The summed E-state index contributed by atoms with van der Waals surface area (Å²) in [4.78, 5) is 12.5. The van der Waals surface area contributed by atoms with Gasteiger partial charge < -0.3 is 14.8 Å². The number of sulfonamides is 1. The summed E-state index contributed by atoms with van der Waals surface area (Å²) in [6, 6.07) is 13.3. The lowest BCUT2D eigenvalue weighted by Gasteiger charge is -2.21. The largest absolute Gasteiger partial charge is 0.497 e. The maximum atomic E-state index is 13.0. The number of carbonyl (C=O) groups excluding carboxylic acids is 1. The summed E-state index contributed by atoms with van der Waals surface area (Å²) in [6.07, 6.45) is 2.09. The zero-order valence-electron chi connectivity index (χ0n) is 17.3. The van der Waals surface area contributed by atoms with E-state index < -0.39 is 10.0 Å². The van der Waals surface area contributed by atoms with Crippen molar-refractivity contribution in [1.29, 1.82) is 0 Å². The van der Waals surface area contributed by atoms with E-state index in [-0.39, 0.29) is 23.5 Å². The van der Waals surface area contributed by atoms with Crippen molar-refractivity contribution in [3.63, 3.8) is 0 Å². The van der Waals surface area contributed by atoms with E-state index in [2.05, 4.69) is 5.32 Å². The first kappa shape index (κ1) is 22.3. The Morgan fingerprint density at radius 1 is 1.17 bits per heavy atom. The van der Waals surface area contributed by atoms with Gasteiger partial charge in [-0.15, -0.1) is 0 Å². The fourth-order valence-corrected chi connectivity index (χ4v) is 4.78. The molecule has 7 nitrogen and oxygen atoms in total. The lowest BCUT2D eigenvalue weighted by atomic mass is 10.1. The van der Waals surface area contributed by atoms with Crippen molar-refractivity contribution in [1.82, 2.24) is 9.62 Å². The van der Waals surface area contributed by atoms with Crippen molar-refractivity contribution in [2.24, 2.45) is 0 Å². The van der Waals surface area contributed by atoms with Gasteiger partial charge in [-0.25, -0.2) is 8.42 Å². The van der Waals surface area contributed by atoms with Crippen LogP contribution in [0.4, 0.5) is 0 Å². The third-order valence-electron chi connectivity index (χ3n) is 5.14. The van der Waals surface area contributed by atoms with Crippen LogP contribution in [0.3, 0.4) is 0 Å². The molecule has 1 heterocycles. The van der Waals surface area contributed by atoms with Gasteiger partial charge in [-0.3, -0.25) is 4.79 Å². The summed E-state index contributed by atoms with van der Waals surface area (Å²) in [6.45, 7) is 3.61. The summed E-state index contributed by atoms with van der Waals surface area (Å²) in [7, 11) is -2.10. The monoisotopic (exact) mass is 432 g/mol. The molecule has 1 saturated heterocycles. The fourth-order valence-electron chi connectivity index (χ4n) is 3.34. The van der Waals surface area contributed by atoms with Crippen LogP contribution in [0.15, 0.2) is 53.4 Å². The zero-order chi connectivity index (χ0) is 21.6. The second-order valence-electron chi connectivity index (χ2n) is 7.15. The predicted octanol–water partition coefficient (Wildman–Crippen LogP) is 2.81. The molecule has 1 amide bonds. The standard InChI is InChI=1S/C22H28N2O5S/c1-3-24(30(26,27)21-12-10-19(28-2)11-13-21)16-17-6-8-18(9-7-17)22(25)23-15-20-5-4-14-29-20/h6-13,20H,3-5,14-16H2,1-2H3,(H,23,25)/t20-/m1/s1. The molecule has 0 bridgehead atoms. The Morgan fingerprint density at radius 3 is 2.43 bits per heavy atom. The molecule has 0 radical (unpaired) electrons. The first-order chi connectivity index (χ1) is 14.4. The highest BCUT2D eigenvalue weighted by atomic mass is 32.2. The summed E-state index contributed by atoms with van der Waals surface area (Å²) >= 11 is 0. The lowest BCUT2D eigenvalue weighted by Crippen LogP contribution is -2.32. The van der Waals surface area contributed by atoms with E-state index >= 15 is 0 Å². The van der Waals surface area contributed by atoms with Crippen LogP contribution < -0.4 is 10.1 Å². The van der Waals surface area contributed by atoms with Crippen molar-refractivity contribution in [2.75, 3.05) is 26.8 Å². The highest BCUT2D eigenvalue weighted by Crippen LogP contribution is 2.21. The Bertz CT molecular complexity index is 936. The van der Waals surface area contributed by atoms with Gasteiger partial charge in [-0.1, -0.05) is 19.1 Å². The van der Waals surface area contributed by atoms with Crippen molar-refractivity contribution in [2.45, 2.75) is 37.3 Å². The number of amides is 1. The first-order valence-corrected chi connectivity index (χ1v) is 11.5. The average Bonchev–Trinajstić information content (AvgIpc) is 3.30. The number of hydrogen-bond acceptors (Lipinski definition) is 5. The maximum Gasteiger partial charge on any atom is 0.251 e. The highest BCUT2D eigenvalue weighted by molar-refractivity contribution is 7.89. The quantitative estimate of drug-likeness (QED) is 0.659. The third kappa shape index (κ3) is 5.38. The van der Waals surface area contributed by atoms with Gasteiger partial charge in [-0.05, 0) is 54.8 Å². The zero-order valence-corrected chi connectivity index (χ0v) is 18.2.